The second kappa shape index (κ2) is 14.9. The van der Waals surface area contributed by atoms with E-state index in [9.17, 15) is 0 Å². The fourth-order valence-corrected chi connectivity index (χ4v) is 7.28. The van der Waals surface area contributed by atoms with Gasteiger partial charge in [0, 0.05) is 45.6 Å². The minimum absolute atomic E-state index is 0. The summed E-state index contributed by atoms with van der Waals surface area (Å²) in [4.78, 5) is 9.40. The first-order chi connectivity index (χ1) is 26.3. The Morgan fingerprint density at radius 2 is 1.45 bits per heavy atom. The Balaban J connectivity index is 0.00000480. The third kappa shape index (κ3) is 7.25. The molecule has 0 spiro atoms. The van der Waals surface area contributed by atoms with Crippen molar-refractivity contribution >= 4 is 32.8 Å². The smallest absolute Gasteiger partial charge is 0.268 e. The number of imidazole rings is 1. The normalized spacial score (nSPS) is 12.6. The molecule has 0 radical (unpaired) electrons. The zero-order valence-corrected chi connectivity index (χ0v) is 35.0. The topological polar surface area (TPSA) is 48.8 Å². The molecular weight excluding hydrogens is 858 g/mol. The predicted octanol–water partition coefficient (Wildman–Crippen LogP) is 11.5. The SMILES string of the molecule is [2H]C(CC)(CC)c1ccnc(-n2c3[c-]c(Oc4[c-]c(-n5[c-][n+](-c6cc(C(C)(C)C)cc(C(C)(C)C)c6)c6ccccc65)cnc4)ccc3c3ccccc32)c1.[Pt]. The minimum Gasteiger partial charge on any atom is -0.508 e. The largest absolute Gasteiger partial charge is 0.508 e. The van der Waals surface area contributed by atoms with E-state index >= 15 is 0 Å². The third-order valence-corrected chi connectivity index (χ3v) is 10.4. The quantitative estimate of drug-likeness (QED) is 0.113. The first-order valence-electron chi connectivity index (χ1n) is 19.4. The van der Waals surface area contributed by atoms with Crippen molar-refractivity contribution in [1.29, 1.82) is 0 Å². The monoisotopic (exact) mass is 905 g/mol. The van der Waals surface area contributed by atoms with Gasteiger partial charge in [0.1, 0.15) is 5.82 Å². The molecule has 0 N–H and O–H groups in total. The molecule has 7 heteroatoms. The van der Waals surface area contributed by atoms with Gasteiger partial charge >= 0.3 is 0 Å². The molecule has 4 heterocycles. The number of rotatable bonds is 8. The molecule has 0 aliphatic heterocycles. The van der Waals surface area contributed by atoms with Crippen LogP contribution in [0.3, 0.4) is 0 Å². The fourth-order valence-electron chi connectivity index (χ4n) is 7.28. The van der Waals surface area contributed by atoms with Gasteiger partial charge in [-0.2, -0.15) is 6.07 Å². The van der Waals surface area contributed by atoms with Crippen LogP contribution >= 0.6 is 0 Å². The van der Waals surface area contributed by atoms with Gasteiger partial charge in [-0.25, -0.2) is 4.98 Å². The van der Waals surface area contributed by atoms with Crippen LogP contribution < -0.4 is 9.30 Å². The van der Waals surface area contributed by atoms with Crippen LogP contribution in [-0.2, 0) is 31.9 Å². The van der Waals surface area contributed by atoms with Crippen molar-refractivity contribution in [3.8, 4) is 28.7 Å². The van der Waals surface area contributed by atoms with E-state index in [1.807, 2.05) is 47.2 Å². The number of benzene rings is 4. The van der Waals surface area contributed by atoms with E-state index in [-0.39, 0.29) is 31.9 Å². The first kappa shape index (κ1) is 36.9. The molecule has 8 rings (SSSR count). The summed E-state index contributed by atoms with van der Waals surface area (Å²) in [7, 11) is 0. The van der Waals surface area contributed by atoms with E-state index < -0.39 is 5.89 Å². The average molecular weight is 906 g/mol. The Hall–Kier alpha value is -5.06. The van der Waals surface area contributed by atoms with Crippen LogP contribution in [0, 0.1) is 18.5 Å². The average Bonchev–Trinajstić information content (AvgIpc) is 3.73. The molecule has 282 valence electrons. The van der Waals surface area contributed by atoms with Crippen LogP contribution in [0.1, 0.15) is 92.2 Å². The van der Waals surface area contributed by atoms with Gasteiger partial charge in [0.25, 0.3) is 6.33 Å². The minimum atomic E-state index is -0.685. The Bertz CT molecular complexity index is 2680. The van der Waals surface area contributed by atoms with Crippen LogP contribution in [-0.4, -0.2) is 19.1 Å². The first-order valence-corrected chi connectivity index (χ1v) is 18.9. The summed E-state index contributed by atoms with van der Waals surface area (Å²) in [5.74, 6) is 1.06. The number of pyridine rings is 2. The van der Waals surface area contributed by atoms with Gasteiger partial charge in [0.05, 0.1) is 16.7 Å². The number of aromatic nitrogens is 5. The van der Waals surface area contributed by atoms with E-state index in [1.165, 1.54) is 11.1 Å². The summed E-state index contributed by atoms with van der Waals surface area (Å²) in [5.41, 5.74) is 9.08. The zero-order valence-electron chi connectivity index (χ0n) is 33.8. The maximum atomic E-state index is 9.12. The molecule has 0 aliphatic rings. The number of ether oxygens (including phenoxy) is 1. The molecule has 4 aromatic carbocycles. The van der Waals surface area contributed by atoms with Gasteiger partial charge in [0.15, 0.2) is 0 Å². The second-order valence-electron chi connectivity index (χ2n) is 16.1. The molecule has 0 fully saturated rings. The summed E-state index contributed by atoms with van der Waals surface area (Å²) in [5, 5.41) is 2.13. The summed E-state index contributed by atoms with van der Waals surface area (Å²) >= 11 is 0. The Morgan fingerprint density at radius 1 is 0.764 bits per heavy atom. The van der Waals surface area contributed by atoms with E-state index in [2.05, 4.69) is 143 Å². The summed E-state index contributed by atoms with van der Waals surface area (Å²) < 4.78 is 21.9. The molecule has 0 bridgehead atoms. The van der Waals surface area contributed by atoms with Crippen molar-refractivity contribution in [2.75, 3.05) is 0 Å². The van der Waals surface area contributed by atoms with Crippen molar-refractivity contribution in [3.63, 3.8) is 0 Å². The van der Waals surface area contributed by atoms with Crippen molar-refractivity contribution in [2.45, 2.75) is 85.0 Å². The van der Waals surface area contributed by atoms with Crippen molar-refractivity contribution in [3.05, 3.63) is 145 Å². The van der Waals surface area contributed by atoms with Gasteiger partial charge in [-0.15, -0.1) is 23.6 Å². The number of hydrogen-bond acceptors (Lipinski definition) is 3. The van der Waals surface area contributed by atoms with Gasteiger partial charge in [-0.1, -0.05) is 116 Å². The zero-order chi connectivity index (χ0) is 38.7. The molecule has 55 heavy (non-hydrogen) atoms. The predicted molar refractivity (Wildman–Crippen MR) is 218 cm³/mol. The van der Waals surface area contributed by atoms with Crippen LogP contribution in [0.15, 0.2) is 110 Å². The van der Waals surface area contributed by atoms with Gasteiger partial charge in [-0.3, -0.25) is 4.57 Å². The standard InChI is InChI=1S/C48H47N5O.Pt/c1-9-32(10-2)33-21-22-50-46(23-33)53-42-16-12-11-15-40(42)41-20-19-38(28-45(41)53)54-39-27-37(29-49-30-39)52-31-51(43-17-13-14-18-44(43)52)36-25-34(47(3,4)5)24-35(26-36)48(6,7)8;/h11-26,29-30,32H,9-10H2,1-8H3;/q-2;/i32D;. The van der Waals surface area contributed by atoms with Gasteiger partial charge in [0.2, 0.25) is 0 Å². The molecule has 0 saturated heterocycles. The molecule has 6 nitrogen and oxygen atoms in total. The number of fused-ring (bicyclic) bond motifs is 4. The van der Waals surface area contributed by atoms with E-state index in [0.29, 0.717) is 30.0 Å². The number of para-hydroxylation sites is 3. The maximum absolute atomic E-state index is 9.12. The maximum Gasteiger partial charge on any atom is 0.268 e. The van der Waals surface area contributed by atoms with E-state index in [4.69, 9.17) is 11.1 Å². The van der Waals surface area contributed by atoms with Crippen molar-refractivity contribution in [2.24, 2.45) is 0 Å². The van der Waals surface area contributed by atoms with Crippen molar-refractivity contribution < 1.29 is 31.7 Å². The van der Waals surface area contributed by atoms with Crippen LogP contribution in [0.4, 0.5) is 0 Å². The fraction of sp³-hybridized carbons (Fsp3) is 0.271. The molecular formula is C48H47N5OPt-2. The van der Waals surface area contributed by atoms with Crippen molar-refractivity contribution in [1.82, 2.24) is 19.1 Å². The summed E-state index contributed by atoms with van der Waals surface area (Å²) in [6.45, 7) is 17.7. The van der Waals surface area contributed by atoms with Gasteiger partial charge < -0.3 is 18.9 Å². The van der Waals surface area contributed by atoms with Crippen LogP contribution in [0.5, 0.6) is 11.5 Å². The Morgan fingerprint density at radius 3 is 2.16 bits per heavy atom. The molecule has 0 unspecified atom stereocenters. The third-order valence-electron chi connectivity index (χ3n) is 10.4. The number of nitrogens with zero attached hydrogens (tertiary/aromatic N) is 5. The van der Waals surface area contributed by atoms with Gasteiger partial charge in [-0.05, 0) is 93.9 Å². The molecule has 4 aromatic heterocycles. The van der Waals surface area contributed by atoms with Crippen LogP contribution in [0.2, 0.25) is 0 Å². The Labute approximate surface area is 340 Å². The summed E-state index contributed by atoms with van der Waals surface area (Å²) in [6, 6.07) is 38.5. The molecule has 8 aromatic rings. The molecule has 0 atom stereocenters. The Kier molecular flexibility index (Phi) is 9.98. The second-order valence-corrected chi connectivity index (χ2v) is 16.1. The van der Waals surface area contributed by atoms with E-state index in [0.717, 1.165) is 49.9 Å². The molecule has 0 amide bonds. The molecule has 0 aliphatic carbocycles. The number of hydrogen-bond donors (Lipinski definition) is 0. The summed E-state index contributed by atoms with van der Waals surface area (Å²) in [6.07, 6.45) is 10.3. The van der Waals surface area contributed by atoms with Crippen LogP contribution in [0.25, 0.3) is 50.0 Å². The van der Waals surface area contributed by atoms with E-state index in [1.54, 1.807) is 12.4 Å². The molecule has 0 saturated carbocycles.